The first-order valence-electron chi connectivity index (χ1n) is 4.78. The van der Waals surface area contributed by atoms with E-state index in [0.29, 0.717) is 0 Å². The van der Waals surface area contributed by atoms with Crippen LogP contribution in [0.2, 0.25) is 0 Å². The summed E-state index contributed by atoms with van der Waals surface area (Å²) in [6, 6.07) is 8.19. The second-order valence-electron chi connectivity index (χ2n) is 3.48. The molecular formula is C12H14O. The molecule has 1 aliphatic rings. The molecule has 0 aromatic heterocycles. The van der Waals surface area contributed by atoms with Gasteiger partial charge in [0.25, 0.3) is 0 Å². The highest BCUT2D eigenvalue weighted by Crippen LogP contribution is 2.22. The van der Waals surface area contributed by atoms with E-state index in [-0.39, 0.29) is 0 Å². The van der Waals surface area contributed by atoms with Crippen LogP contribution in [0.5, 0.6) is 5.75 Å². The third-order valence-electron chi connectivity index (χ3n) is 2.27. The molecular weight excluding hydrogens is 160 g/mol. The van der Waals surface area contributed by atoms with Gasteiger partial charge in [-0.1, -0.05) is 17.7 Å². The monoisotopic (exact) mass is 174 g/mol. The fraction of sp³-hybridized carbons (Fsp3) is 0.333. The summed E-state index contributed by atoms with van der Waals surface area (Å²) in [5, 5.41) is 0. The molecule has 0 spiro atoms. The van der Waals surface area contributed by atoms with Gasteiger partial charge in [-0.3, -0.25) is 0 Å². The van der Waals surface area contributed by atoms with E-state index in [1.807, 2.05) is 12.1 Å². The molecule has 1 nitrogen and oxygen atoms in total. The molecule has 2 rings (SSSR count). The SMILES string of the molecule is Cc1ccc(OC2=CCCC2)cc1. The second-order valence-corrected chi connectivity index (χ2v) is 3.48. The van der Waals surface area contributed by atoms with Gasteiger partial charge in [0.05, 0.1) is 0 Å². The summed E-state index contributed by atoms with van der Waals surface area (Å²) in [4.78, 5) is 0. The van der Waals surface area contributed by atoms with Crippen LogP contribution in [0.25, 0.3) is 0 Å². The molecule has 0 unspecified atom stereocenters. The lowest BCUT2D eigenvalue weighted by molar-refractivity contribution is 0.411. The van der Waals surface area contributed by atoms with Crippen molar-refractivity contribution in [3.63, 3.8) is 0 Å². The molecule has 13 heavy (non-hydrogen) atoms. The van der Waals surface area contributed by atoms with Gasteiger partial charge in [0.15, 0.2) is 0 Å². The Morgan fingerprint density at radius 2 is 1.92 bits per heavy atom. The minimum absolute atomic E-state index is 0.957. The summed E-state index contributed by atoms with van der Waals surface area (Å²) in [6.07, 6.45) is 5.68. The van der Waals surface area contributed by atoms with Crippen LogP contribution in [0.3, 0.4) is 0 Å². The van der Waals surface area contributed by atoms with Gasteiger partial charge < -0.3 is 4.74 Å². The number of benzene rings is 1. The van der Waals surface area contributed by atoms with Crippen molar-refractivity contribution in [2.24, 2.45) is 0 Å². The highest BCUT2D eigenvalue weighted by molar-refractivity contribution is 5.28. The predicted molar refractivity (Wildman–Crippen MR) is 53.7 cm³/mol. The zero-order valence-corrected chi connectivity index (χ0v) is 7.92. The van der Waals surface area contributed by atoms with E-state index in [1.165, 1.54) is 18.4 Å². The first-order chi connectivity index (χ1) is 6.34. The van der Waals surface area contributed by atoms with Gasteiger partial charge in [0.1, 0.15) is 11.5 Å². The number of ether oxygens (including phenoxy) is 1. The van der Waals surface area contributed by atoms with E-state index < -0.39 is 0 Å². The van der Waals surface area contributed by atoms with Gasteiger partial charge in [-0.15, -0.1) is 0 Å². The highest BCUT2D eigenvalue weighted by Gasteiger charge is 2.05. The molecule has 0 saturated carbocycles. The van der Waals surface area contributed by atoms with Gasteiger partial charge in [0.2, 0.25) is 0 Å². The second kappa shape index (κ2) is 3.65. The van der Waals surface area contributed by atoms with Crippen molar-refractivity contribution in [2.45, 2.75) is 26.2 Å². The molecule has 1 aromatic rings. The van der Waals surface area contributed by atoms with E-state index in [4.69, 9.17) is 4.74 Å². The van der Waals surface area contributed by atoms with Crippen molar-refractivity contribution in [2.75, 3.05) is 0 Å². The normalized spacial score (nSPS) is 15.6. The summed E-state index contributed by atoms with van der Waals surface area (Å²) < 4.78 is 5.69. The lowest BCUT2D eigenvalue weighted by Crippen LogP contribution is -1.91. The average molecular weight is 174 g/mol. The van der Waals surface area contributed by atoms with E-state index >= 15 is 0 Å². The zero-order valence-electron chi connectivity index (χ0n) is 7.92. The van der Waals surface area contributed by atoms with Gasteiger partial charge in [-0.05, 0) is 38.0 Å². The highest BCUT2D eigenvalue weighted by atomic mass is 16.5. The largest absolute Gasteiger partial charge is 0.462 e. The van der Waals surface area contributed by atoms with E-state index in [0.717, 1.165) is 17.9 Å². The van der Waals surface area contributed by atoms with Crippen molar-refractivity contribution in [3.05, 3.63) is 41.7 Å². The Labute approximate surface area is 79.0 Å². The number of aryl methyl sites for hydroxylation is 1. The molecule has 1 aromatic carbocycles. The number of rotatable bonds is 2. The lowest BCUT2D eigenvalue weighted by Gasteiger charge is -2.05. The van der Waals surface area contributed by atoms with Crippen LogP contribution < -0.4 is 4.74 Å². The standard InChI is InChI=1S/C12H14O/c1-10-6-8-12(9-7-10)13-11-4-2-3-5-11/h4,6-9H,2-3,5H2,1H3. The molecule has 1 heteroatoms. The predicted octanol–water partition coefficient (Wildman–Crippen LogP) is 3.44. The van der Waals surface area contributed by atoms with Crippen LogP contribution in [-0.2, 0) is 0 Å². The number of hydrogen-bond acceptors (Lipinski definition) is 1. The van der Waals surface area contributed by atoms with Gasteiger partial charge in [-0.25, -0.2) is 0 Å². The quantitative estimate of drug-likeness (QED) is 0.667. The maximum Gasteiger partial charge on any atom is 0.126 e. The summed E-state index contributed by atoms with van der Waals surface area (Å²) >= 11 is 0. The minimum atomic E-state index is 0.957. The van der Waals surface area contributed by atoms with Crippen molar-refractivity contribution >= 4 is 0 Å². The summed E-state index contributed by atoms with van der Waals surface area (Å²) in [5.74, 6) is 2.09. The smallest absolute Gasteiger partial charge is 0.126 e. The molecule has 0 N–H and O–H groups in total. The maximum atomic E-state index is 5.69. The van der Waals surface area contributed by atoms with Crippen LogP contribution in [0.1, 0.15) is 24.8 Å². The van der Waals surface area contributed by atoms with E-state index in [1.54, 1.807) is 0 Å². The molecule has 1 aliphatic carbocycles. The van der Waals surface area contributed by atoms with Gasteiger partial charge in [-0.2, -0.15) is 0 Å². The number of hydrogen-bond donors (Lipinski definition) is 0. The Balaban J connectivity index is 2.05. The van der Waals surface area contributed by atoms with Crippen molar-refractivity contribution in [1.29, 1.82) is 0 Å². The lowest BCUT2D eigenvalue weighted by atomic mass is 10.2. The topological polar surface area (TPSA) is 9.23 Å². The van der Waals surface area contributed by atoms with Crippen LogP contribution >= 0.6 is 0 Å². The molecule has 0 aliphatic heterocycles. The molecule has 0 saturated heterocycles. The summed E-state index contributed by atoms with van der Waals surface area (Å²) in [5.41, 5.74) is 1.27. The van der Waals surface area contributed by atoms with Crippen LogP contribution in [0.15, 0.2) is 36.1 Å². The fourth-order valence-electron chi connectivity index (χ4n) is 1.49. The Morgan fingerprint density at radius 3 is 2.54 bits per heavy atom. The van der Waals surface area contributed by atoms with Crippen LogP contribution in [0.4, 0.5) is 0 Å². The molecule has 0 fully saturated rings. The molecule has 68 valence electrons. The molecule has 0 radical (unpaired) electrons. The van der Waals surface area contributed by atoms with E-state index in [2.05, 4.69) is 25.1 Å². The van der Waals surface area contributed by atoms with E-state index in [9.17, 15) is 0 Å². The van der Waals surface area contributed by atoms with Gasteiger partial charge >= 0.3 is 0 Å². The first-order valence-corrected chi connectivity index (χ1v) is 4.78. The number of allylic oxidation sites excluding steroid dienone is 2. The third kappa shape index (κ3) is 2.11. The Hall–Kier alpha value is -1.24. The first kappa shape index (κ1) is 8.36. The van der Waals surface area contributed by atoms with Crippen LogP contribution in [-0.4, -0.2) is 0 Å². The molecule has 0 heterocycles. The average Bonchev–Trinajstić information content (AvgIpc) is 2.62. The third-order valence-corrected chi connectivity index (χ3v) is 2.27. The fourth-order valence-corrected chi connectivity index (χ4v) is 1.49. The van der Waals surface area contributed by atoms with Crippen molar-refractivity contribution < 1.29 is 4.74 Å². The maximum absolute atomic E-state index is 5.69. The van der Waals surface area contributed by atoms with Gasteiger partial charge in [0, 0.05) is 6.42 Å². The Kier molecular flexibility index (Phi) is 2.35. The van der Waals surface area contributed by atoms with Crippen LogP contribution in [0, 0.1) is 6.92 Å². The molecule has 0 atom stereocenters. The zero-order chi connectivity index (χ0) is 9.10. The Morgan fingerprint density at radius 1 is 1.15 bits per heavy atom. The summed E-state index contributed by atoms with van der Waals surface area (Å²) in [6.45, 7) is 2.08. The Bertz CT molecular complexity index is 308. The summed E-state index contributed by atoms with van der Waals surface area (Å²) in [7, 11) is 0. The molecule has 0 bridgehead atoms. The molecule has 0 amide bonds. The van der Waals surface area contributed by atoms with Crippen molar-refractivity contribution in [3.8, 4) is 5.75 Å². The minimum Gasteiger partial charge on any atom is -0.462 e. The van der Waals surface area contributed by atoms with Crippen molar-refractivity contribution in [1.82, 2.24) is 0 Å².